The van der Waals surface area contributed by atoms with Gasteiger partial charge < -0.3 is 0 Å². The molecule has 0 fully saturated rings. The fourth-order valence-electron chi connectivity index (χ4n) is 13.9. The van der Waals surface area contributed by atoms with Crippen molar-refractivity contribution >= 4 is 21.5 Å². The van der Waals surface area contributed by atoms with Gasteiger partial charge in [0.2, 0.25) is 0 Å². The summed E-state index contributed by atoms with van der Waals surface area (Å²) in [6.45, 7) is 27.9. The lowest BCUT2D eigenvalue weighted by Crippen LogP contribution is -2.29. The Balaban J connectivity index is 1.22. The highest BCUT2D eigenvalue weighted by atomic mass is 14.5. The number of unbranched alkanes of at least 4 members (excludes halogenated alkanes) is 10. The van der Waals surface area contributed by atoms with Crippen molar-refractivity contribution in [2.24, 2.45) is 0 Å². The standard InChI is InChI=1S/C74H86/c1-13-15-17-19-21-23-41-73(42-24-22-20-18-16-14-2)67-46-54(53-27-39-60-51(5)63-43-49(3)25-37-59(63)52(6)64(60)45-53)28-40-61(67)65-48-70-66(47-68(65)73)62-38-26-50(4)44-69(62)74(70,57-33-29-55(30-34-57)71(7,8)9)58-35-31-56(32-36-58)72(10,11)12/h25-40,43-48H,13-24,41-42H2,1-12H3. The second-order valence-electron chi connectivity index (χ2n) is 25.3. The summed E-state index contributed by atoms with van der Waals surface area (Å²) in [5, 5.41) is 5.49. The average molecular weight is 976 g/mol. The summed E-state index contributed by atoms with van der Waals surface area (Å²) in [5.74, 6) is 0. The summed E-state index contributed by atoms with van der Waals surface area (Å²) in [7, 11) is 0. The Bertz CT molecular complexity index is 3260. The molecule has 0 bridgehead atoms. The van der Waals surface area contributed by atoms with E-state index < -0.39 is 5.41 Å². The van der Waals surface area contributed by atoms with E-state index in [1.165, 1.54) is 200 Å². The van der Waals surface area contributed by atoms with Crippen LogP contribution in [-0.4, -0.2) is 0 Å². The van der Waals surface area contributed by atoms with Gasteiger partial charge in [0.05, 0.1) is 5.41 Å². The van der Waals surface area contributed by atoms with E-state index in [-0.39, 0.29) is 16.2 Å². The van der Waals surface area contributed by atoms with E-state index in [0.717, 1.165) is 0 Å². The van der Waals surface area contributed by atoms with Crippen LogP contribution in [0.2, 0.25) is 0 Å². The first-order chi connectivity index (χ1) is 35.5. The molecule has 8 aromatic rings. The Hall–Kier alpha value is -5.72. The van der Waals surface area contributed by atoms with Crippen molar-refractivity contribution in [2.45, 2.75) is 195 Å². The molecule has 0 atom stereocenters. The topological polar surface area (TPSA) is 0 Å². The van der Waals surface area contributed by atoms with E-state index >= 15 is 0 Å². The molecule has 0 radical (unpaired) electrons. The third kappa shape index (κ3) is 9.09. The van der Waals surface area contributed by atoms with Crippen molar-refractivity contribution in [3.63, 3.8) is 0 Å². The summed E-state index contributed by atoms with van der Waals surface area (Å²) in [4.78, 5) is 0. The quantitative estimate of drug-likeness (QED) is 0.0630. The Morgan fingerprint density at radius 2 is 0.743 bits per heavy atom. The van der Waals surface area contributed by atoms with Gasteiger partial charge in [-0.2, -0.15) is 0 Å². The van der Waals surface area contributed by atoms with Crippen LogP contribution in [0.4, 0.5) is 0 Å². The first kappa shape index (κ1) is 51.8. The summed E-state index contributed by atoms with van der Waals surface area (Å²) in [5.41, 5.74) is 24.7. The maximum absolute atomic E-state index is 2.76. The normalized spacial score (nSPS) is 14.4. The van der Waals surface area contributed by atoms with Crippen molar-refractivity contribution in [1.82, 2.24) is 0 Å². The number of rotatable bonds is 17. The molecule has 0 saturated carbocycles. The van der Waals surface area contributed by atoms with Gasteiger partial charge in [-0.05, 0) is 186 Å². The summed E-state index contributed by atoms with van der Waals surface area (Å²) >= 11 is 0. The van der Waals surface area contributed by atoms with E-state index in [2.05, 4.69) is 217 Å². The van der Waals surface area contributed by atoms with Gasteiger partial charge in [0.1, 0.15) is 0 Å². The van der Waals surface area contributed by atoms with Crippen molar-refractivity contribution in [3.05, 3.63) is 200 Å². The van der Waals surface area contributed by atoms with Gasteiger partial charge in [-0.1, -0.05) is 253 Å². The van der Waals surface area contributed by atoms with Gasteiger partial charge in [-0.25, -0.2) is 0 Å². The van der Waals surface area contributed by atoms with Crippen LogP contribution < -0.4 is 0 Å². The molecule has 0 aliphatic heterocycles. The molecule has 0 unspecified atom stereocenters. The van der Waals surface area contributed by atoms with Crippen molar-refractivity contribution in [2.75, 3.05) is 0 Å². The van der Waals surface area contributed by atoms with Crippen LogP contribution in [-0.2, 0) is 21.7 Å². The molecular weight excluding hydrogens is 889 g/mol. The lowest BCUT2D eigenvalue weighted by atomic mass is 9.66. The first-order valence-corrected chi connectivity index (χ1v) is 29.1. The molecule has 74 heavy (non-hydrogen) atoms. The van der Waals surface area contributed by atoms with Crippen LogP contribution in [0.3, 0.4) is 0 Å². The zero-order chi connectivity index (χ0) is 52.2. The first-order valence-electron chi connectivity index (χ1n) is 29.1. The van der Waals surface area contributed by atoms with Crippen LogP contribution in [0, 0.1) is 27.7 Å². The van der Waals surface area contributed by atoms with Gasteiger partial charge in [-0.3, -0.25) is 0 Å². The molecule has 382 valence electrons. The maximum Gasteiger partial charge on any atom is 0.0713 e. The largest absolute Gasteiger partial charge is 0.0713 e. The minimum absolute atomic E-state index is 0.0546. The fourth-order valence-corrected chi connectivity index (χ4v) is 13.9. The van der Waals surface area contributed by atoms with Crippen LogP contribution in [0.1, 0.15) is 212 Å². The summed E-state index contributed by atoms with van der Waals surface area (Å²) < 4.78 is 0. The van der Waals surface area contributed by atoms with Crippen LogP contribution in [0.25, 0.3) is 54.9 Å². The van der Waals surface area contributed by atoms with Crippen LogP contribution >= 0.6 is 0 Å². The molecule has 0 amide bonds. The van der Waals surface area contributed by atoms with E-state index in [9.17, 15) is 0 Å². The van der Waals surface area contributed by atoms with Gasteiger partial charge in [-0.15, -0.1) is 0 Å². The van der Waals surface area contributed by atoms with Crippen molar-refractivity contribution in [3.8, 4) is 33.4 Å². The number of aryl methyl sites for hydroxylation is 4. The lowest BCUT2D eigenvalue weighted by Gasteiger charge is -2.36. The minimum atomic E-state index is -0.494. The third-order valence-electron chi connectivity index (χ3n) is 18.2. The predicted octanol–water partition coefficient (Wildman–Crippen LogP) is 21.6. The maximum atomic E-state index is 2.76. The molecule has 0 saturated heterocycles. The highest BCUT2D eigenvalue weighted by Gasteiger charge is 2.50. The number of hydrogen-bond donors (Lipinski definition) is 0. The highest BCUT2D eigenvalue weighted by molar-refractivity contribution is 6.07. The second-order valence-corrected chi connectivity index (χ2v) is 25.3. The Labute approximate surface area is 447 Å². The molecule has 0 heteroatoms. The number of hydrogen-bond acceptors (Lipinski definition) is 0. The molecule has 0 nitrogen and oxygen atoms in total. The van der Waals surface area contributed by atoms with Crippen LogP contribution in [0.5, 0.6) is 0 Å². The van der Waals surface area contributed by atoms with E-state index in [0.29, 0.717) is 0 Å². The minimum Gasteiger partial charge on any atom is -0.0654 e. The SMILES string of the molecule is CCCCCCCCC1(CCCCCCCC)c2cc(-c3ccc4c(C)c5cc(C)ccc5c(C)c4c3)ccc2-c2cc3c(cc21)-c1ccc(C)cc1C3(c1ccc(C(C)(C)C)cc1)c1ccc(C(C)(C)C)cc1. The molecule has 0 heterocycles. The average Bonchev–Trinajstić information content (AvgIpc) is 3.81. The molecule has 2 aliphatic carbocycles. The third-order valence-corrected chi connectivity index (χ3v) is 18.2. The second kappa shape index (κ2) is 20.4. The molecule has 10 rings (SSSR count). The number of fused-ring (bicyclic) bond motifs is 8. The van der Waals surface area contributed by atoms with Gasteiger partial charge >= 0.3 is 0 Å². The Morgan fingerprint density at radius 1 is 0.338 bits per heavy atom. The molecule has 2 aliphatic rings. The van der Waals surface area contributed by atoms with E-state index in [1.54, 1.807) is 11.1 Å². The van der Waals surface area contributed by atoms with Gasteiger partial charge in [0.15, 0.2) is 0 Å². The Morgan fingerprint density at radius 3 is 1.31 bits per heavy atom. The molecular formula is C74H86. The van der Waals surface area contributed by atoms with Crippen molar-refractivity contribution in [1.29, 1.82) is 0 Å². The van der Waals surface area contributed by atoms with E-state index in [4.69, 9.17) is 0 Å². The number of benzene rings is 8. The van der Waals surface area contributed by atoms with Gasteiger partial charge in [0.25, 0.3) is 0 Å². The van der Waals surface area contributed by atoms with E-state index in [1.807, 2.05) is 0 Å². The monoisotopic (exact) mass is 975 g/mol. The summed E-state index contributed by atoms with van der Waals surface area (Å²) in [6, 6.07) is 54.5. The zero-order valence-corrected chi connectivity index (χ0v) is 47.6. The fraction of sp³-hybridized carbons (Fsp3) is 0.405. The summed E-state index contributed by atoms with van der Waals surface area (Å²) in [6.07, 6.45) is 18.0. The predicted molar refractivity (Wildman–Crippen MR) is 323 cm³/mol. The lowest BCUT2D eigenvalue weighted by molar-refractivity contribution is 0.398. The molecule has 0 aromatic heterocycles. The van der Waals surface area contributed by atoms with Gasteiger partial charge in [0, 0.05) is 5.41 Å². The molecule has 0 N–H and O–H groups in total. The smallest absolute Gasteiger partial charge is 0.0654 e. The Kier molecular flexibility index (Phi) is 14.3. The zero-order valence-electron chi connectivity index (χ0n) is 47.6. The van der Waals surface area contributed by atoms with Crippen molar-refractivity contribution < 1.29 is 0 Å². The van der Waals surface area contributed by atoms with Crippen LogP contribution in [0.15, 0.2) is 133 Å². The molecule has 8 aromatic carbocycles. The molecule has 0 spiro atoms. The highest BCUT2D eigenvalue weighted by Crippen LogP contribution is 2.62.